The first-order chi connectivity index (χ1) is 11.1. The van der Waals surface area contributed by atoms with Crippen molar-refractivity contribution in [2.24, 2.45) is 5.92 Å². The van der Waals surface area contributed by atoms with E-state index in [4.69, 9.17) is 23.2 Å². The molecule has 1 fully saturated rings. The van der Waals surface area contributed by atoms with E-state index in [2.05, 4.69) is 10.6 Å². The van der Waals surface area contributed by atoms with Gasteiger partial charge in [0.1, 0.15) is 0 Å². The van der Waals surface area contributed by atoms with E-state index in [1.165, 1.54) is 0 Å². The maximum atomic E-state index is 13.2. The second-order valence-corrected chi connectivity index (χ2v) is 7.00. The van der Waals surface area contributed by atoms with Crippen LogP contribution < -0.4 is 10.6 Å². The number of carbonyl (C=O) groups is 1. The molecule has 4 nitrogen and oxygen atoms in total. The van der Waals surface area contributed by atoms with Gasteiger partial charge in [-0.2, -0.15) is 13.2 Å². The number of anilines is 1. The number of aliphatic hydroxyl groups is 1. The predicted octanol–water partition coefficient (Wildman–Crippen LogP) is 4.22. The Bertz CT molecular complexity index is 692. The first-order valence-electron chi connectivity index (χ1n) is 7.49. The van der Waals surface area contributed by atoms with Gasteiger partial charge in [0.2, 0.25) is 0 Å². The van der Waals surface area contributed by atoms with E-state index in [-0.39, 0.29) is 33.3 Å². The number of carbonyl (C=O) groups excluding carboxylic acids is 1. The number of benzene rings is 1. The second-order valence-electron chi connectivity index (χ2n) is 6.21. The van der Waals surface area contributed by atoms with Crippen LogP contribution in [0.4, 0.5) is 23.7 Å². The highest BCUT2D eigenvalue weighted by Crippen LogP contribution is 2.52. The topological polar surface area (TPSA) is 61.4 Å². The third kappa shape index (κ3) is 3.05. The summed E-state index contributed by atoms with van der Waals surface area (Å²) in [5.41, 5.74) is -3.12. The highest BCUT2D eigenvalue weighted by Gasteiger charge is 2.58. The molecule has 1 atom stereocenters. The van der Waals surface area contributed by atoms with Gasteiger partial charge in [-0.1, -0.05) is 23.2 Å². The first-order valence-corrected chi connectivity index (χ1v) is 8.24. The molecule has 0 radical (unpaired) electrons. The number of halogens is 5. The number of hydrogen-bond donors (Lipinski definition) is 3. The molecule has 1 aromatic carbocycles. The Balaban J connectivity index is 1.87. The highest BCUT2D eigenvalue weighted by molar-refractivity contribution is 6.40. The summed E-state index contributed by atoms with van der Waals surface area (Å²) >= 11 is 12.2. The summed E-state index contributed by atoms with van der Waals surface area (Å²) in [6.07, 6.45) is -3.28. The zero-order chi connectivity index (χ0) is 17.7. The molecule has 9 heteroatoms. The van der Waals surface area contributed by atoms with Crippen molar-refractivity contribution < 1.29 is 23.1 Å². The Morgan fingerprint density at radius 2 is 2.04 bits per heavy atom. The van der Waals surface area contributed by atoms with E-state index in [1.54, 1.807) is 0 Å². The fraction of sp³-hybridized carbons (Fsp3) is 0.533. The molecule has 0 aliphatic heterocycles. The van der Waals surface area contributed by atoms with Crippen LogP contribution in [-0.2, 0) is 12.0 Å². The monoisotopic (exact) mass is 382 g/mol. The van der Waals surface area contributed by atoms with Crippen LogP contribution in [0.25, 0.3) is 0 Å². The fourth-order valence-electron chi connectivity index (χ4n) is 2.84. The van der Waals surface area contributed by atoms with E-state index >= 15 is 0 Å². The van der Waals surface area contributed by atoms with Gasteiger partial charge >= 0.3 is 12.2 Å². The predicted molar refractivity (Wildman–Crippen MR) is 84.5 cm³/mol. The molecule has 2 aliphatic carbocycles. The van der Waals surface area contributed by atoms with Crippen LogP contribution in [0.1, 0.15) is 30.4 Å². The van der Waals surface area contributed by atoms with Gasteiger partial charge in [0, 0.05) is 6.54 Å². The molecule has 0 aromatic heterocycles. The van der Waals surface area contributed by atoms with E-state index in [1.807, 2.05) is 0 Å². The molecule has 1 aromatic rings. The Hall–Kier alpha value is -1.18. The summed E-state index contributed by atoms with van der Waals surface area (Å²) in [5.74, 6) is 0.475. The number of urea groups is 1. The lowest BCUT2D eigenvalue weighted by Gasteiger charge is -2.27. The molecule has 1 unspecified atom stereocenters. The van der Waals surface area contributed by atoms with Crippen molar-refractivity contribution in [1.29, 1.82) is 0 Å². The lowest BCUT2D eigenvalue weighted by atomic mass is 9.95. The van der Waals surface area contributed by atoms with Crippen molar-refractivity contribution in [2.45, 2.75) is 37.5 Å². The minimum Gasteiger partial charge on any atom is -0.376 e. The minimum absolute atomic E-state index is 0.0526. The molecule has 0 saturated heterocycles. The smallest absolute Gasteiger partial charge is 0.376 e. The number of hydrogen-bond acceptors (Lipinski definition) is 2. The molecule has 0 bridgehead atoms. The van der Waals surface area contributed by atoms with Crippen LogP contribution in [0.2, 0.25) is 10.0 Å². The first kappa shape index (κ1) is 17.6. The number of amides is 2. The summed E-state index contributed by atoms with van der Waals surface area (Å²) < 4.78 is 39.5. The average Bonchev–Trinajstić information content (AvgIpc) is 3.25. The highest BCUT2D eigenvalue weighted by atomic mass is 35.5. The zero-order valence-electron chi connectivity index (χ0n) is 12.4. The van der Waals surface area contributed by atoms with Gasteiger partial charge in [0.25, 0.3) is 0 Å². The maximum absolute atomic E-state index is 13.2. The second kappa shape index (κ2) is 5.97. The number of alkyl halides is 3. The van der Waals surface area contributed by atoms with Crippen molar-refractivity contribution in [3.8, 4) is 0 Å². The molecule has 0 heterocycles. The molecule has 2 aliphatic rings. The lowest BCUT2D eigenvalue weighted by Crippen LogP contribution is -2.40. The largest absolute Gasteiger partial charge is 0.421 e. The number of rotatable bonds is 3. The quantitative estimate of drug-likeness (QED) is 0.732. The molecular formula is C15H15Cl2F3N2O2. The molecule has 24 heavy (non-hydrogen) atoms. The van der Waals surface area contributed by atoms with Gasteiger partial charge in [-0.15, -0.1) is 0 Å². The molecule has 0 spiro atoms. The van der Waals surface area contributed by atoms with Crippen LogP contribution in [-0.4, -0.2) is 23.9 Å². The summed E-state index contributed by atoms with van der Waals surface area (Å²) in [4.78, 5) is 11.9. The number of nitrogens with one attached hydrogen (secondary N) is 2. The molecule has 2 amide bonds. The van der Waals surface area contributed by atoms with Gasteiger partial charge in [0.15, 0.2) is 5.60 Å². The van der Waals surface area contributed by atoms with Crippen molar-refractivity contribution >= 4 is 34.9 Å². The van der Waals surface area contributed by atoms with E-state index in [0.29, 0.717) is 12.5 Å². The van der Waals surface area contributed by atoms with Crippen molar-refractivity contribution in [3.63, 3.8) is 0 Å². The van der Waals surface area contributed by atoms with Crippen LogP contribution in [0.3, 0.4) is 0 Å². The van der Waals surface area contributed by atoms with Crippen LogP contribution in [0.15, 0.2) is 6.07 Å². The third-order valence-electron chi connectivity index (χ3n) is 4.46. The Morgan fingerprint density at radius 1 is 1.38 bits per heavy atom. The van der Waals surface area contributed by atoms with Crippen molar-refractivity contribution in [3.05, 3.63) is 27.2 Å². The van der Waals surface area contributed by atoms with Crippen LogP contribution >= 0.6 is 23.2 Å². The SMILES string of the molecule is O=C(NCC1CC1)Nc1c(Cl)cc2c(c1Cl)CCC2(O)C(F)(F)F. The van der Waals surface area contributed by atoms with E-state index in [0.717, 1.165) is 18.9 Å². The normalized spacial score (nSPS) is 23.1. The maximum Gasteiger partial charge on any atom is 0.421 e. The van der Waals surface area contributed by atoms with Gasteiger partial charge < -0.3 is 15.7 Å². The summed E-state index contributed by atoms with van der Waals surface area (Å²) in [7, 11) is 0. The Kier molecular flexibility index (Phi) is 4.38. The van der Waals surface area contributed by atoms with Gasteiger partial charge in [-0.3, -0.25) is 0 Å². The fourth-order valence-corrected chi connectivity index (χ4v) is 3.48. The van der Waals surface area contributed by atoms with Gasteiger partial charge in [0.05, 0.1) is 15.7 Å². The number of fused-ring (bicyclic) bond motifs is 1. The molecular weight excluding hydrogens is 368 g/mol. The summed E-state index contributed by atoms with van der Waals surface area (Å²) in [6.45, 7) is 0.528. The van der Waals surface area contributed by atoms with Crippen LogP contribution in [0, 0.1) is 5.92 Å². The van der Waals surface area contributed by atoms with Crippen molar-refractivity contribution in [2.75, 3.05) is 11.9 Å². The molecule has 1 saturated carbocycles. The molecule has 3 N–H and O–H groups in total. The van der Waals surface area contributed by atoms with E-state index < -0.39 is 24.2 Å². The third-order valence-corrected chi connectivity index (χ3v) is 5.17. The minimum atomic E-state index is -4.83. The van der Waals surface area contributed by atoms with Crippen LogP contribution in [0.5, 0.6) is 0 Å². The van der Waals surface area contributed by atoms with Gasteiger partial charge in [-0.25, -0.2) is 4.79 Å². The zero-order valence-corrected chi connectivity index (χ0v) is 13.9. The van der Waals surface area contributed by atoms with E-state index in [9.17, 15) is 23.1 Å². The Labute approximate surface area is 146 Å². The summed E-state index contributed by atoms with van der Waals surface area (Å²) in [6, 6.07) is 0.509. The average molecular weight is 383 g/mol. The van der Waals surface area contributed by atoms with Gasteiger partial charge in [-0.05, 0) is 48.8 Å². The summed E-state index contributed by atoms with van der Waals surface area (Å²) in [5, 5.41) is 14.9. The Morgan fingerprint density at radius 3 is 2.62 bits per heavy atom. The van der Waals surface area contributed by atoms with Crippen molar-refractivity contribution in [1.82, 2.24) is 5.32 Å². The standard InChI is InChI=1S/C15H15Cl2F3N2O2/c16-10-5-9-8(3-4-14(9,24)15(18,19)20)11(17)12(10)22-13(23)21-6-7-1-2-7/h5,7,24H,1-4,6H2,(H2,21,22,23). The lowest BCUT2D eigenvalue weighted by molar-refractivity contribution is -0.265. The molecule has 3 rings (SSSR count). The molecule has 132 valence electrons.